The average molecular weight is 227 g/mol. The maximum Gasteiger partial charge on any atom is 0.573 e. The van der Waals surface area contributed by atoms with E-state index < -0.39 is 12.1 Å². The van der Waals surface area contributed by atoms with Gasteiger partial charge in [-0.3, -0.25) is 4.98 Å². The van der Waals surface area contributed by atoms with Crippen LogP contribution in [-0.4, -0.2) is 11.3 Å². The van der Waals surface area contributed by atoms with Crippen molar-refractivity contribution in [2.75, 3.05) is 0 Å². The first-order valence-electron chi connectivity index (χ1n) is 3.53. The van der Waals surface area contributed by atoms with Crippen molar-refractivity contribution in [3.8, 4) is 5.75 Å². The molecule has 0 unspecified atom stereocenters. The van der Waals surface area contributed by atoms with Crippen LogP contribution in [0.15, 0.2) is 12.3 Å². The molecule has 1 rings (SSSR count). The van der Waals surface area contributed by atoms with Crippen LogP contribution in [0.2, 0.25) is 5.02 Å². The fourth-order valence-corrected chi connectivity index (χ4v) is 1.04. The van der Waals surface area contributed by atoms with Crippen molar-refractivity contribution in [3.63, 3.8) is 0 Å². The minimum atomic E-state index is -4.77. The summed E-state index contributed by atoms with van der Waals surface area (Å²) < 4.78 is 39.1. The van der Waals surface area contributed by atoms with Gasteiger partial charge in [-0.25, -0.2) is 0 Å². The summed E-state index contributed by atoms with van der Waals surface area (Å²) in [5.74, 6) is -0.491. The molecule has 0 radical (unpaired) electrons. The second kappa shape index (κ2) is 4.02. The van der Waals surface area contributed by atoms with E-state index in [0.29, 0.717) is 0 Å². The molecule has 0 aliphatic rings. The van der Waals surface area contributed by atoms with Gasteiger partial charge in [-0.1, -0.05) is 11.6 Å². The summed E-state index contributed by atoms with van der Waals surface area (Å²) in [4.78, 5) is 3.68. The molecule has 0 amide bonds. The van der Waals surface area contributed by atoms with Crippen LogP contribution in [-0.2, 0) is 6.54 Å². The third kappa shape index (κ3) is 2.74. The largest absolute Gasteiger partial charge is 0.573 e. The van der Waals surface area contributed by atoms with Gasteiger partial charge >= 0.3 is 6.36 Å². The molecule has 0 saturated heterocycles. The molecular formula is C7H6ClF3N2O. The van der Waals surface area contributed by atoms with Crippen molar-refractivity contribution < 1.29 is 17.9 Å². The van der Waals surface area contributed by atoms with E-state index in [1.165, 1.54) is 0 Å². The van der Waals surface area contributed by atoms with Gasteiger partial charge in [-0.15, -0.1) is 13.2 Å². The summed E-state index contributed by atoms with van der Waals surface area (Å²) in [5, 5.41) is -0.215. The van der Waals surface area contributed by atoms with E-state index >= 15 is 0 Å². The molecule has 1 heterocycles. The van der Waals surface area contributed by atoms with Gasteiger partial charge in [0.05, 0.1) is 5.69 Å². The summed E-state index contributed by atoms with van der Waals surface area (Å²) in [5.41, 5.74) is 5.36. The smallest absolute Gasteiger partial charge is 0.404 e. The fraction of sp³-hybridized carbons (Fsp3) is 0.286. The normalized spacial score (nSPS) is 11.5. The summed E-state index contributed by atoms with van der Waals surface area (Å²) in [6.07, 6.45) is -3.62. The molecule has 0 saturated carbocycles. The molecular weight excluding hydrogens is 221 g/mol. The van der Waals surface area contributed by atoms with E-state index in [-0.39, 0.29) is 17.3 Å². The van der Waals surface area contributed by atoms with Crippen molar-refractivity contribution in [1.29, 1.82) is 0 Å². The van der Waals surface area contributed by atoms with Crippen LogP contribution in [0.1, 0.15) is 5.69 Å². The van der Waals surface area contributed by atoms with Crippen LogP contribution in [0.5, 0.6) is 5.75 Å². The highest BCUT2D eigenvalue weighted by atomic mass is 35.5. The highest BCUT2D eigenvalue weighted by Gasteiger charge is 2.32. The SMILES string of the molecule is NCc1nccc(OC(F)(F)F)c1Cl. The van der Waals surface area contributed by atoms with Crippen LogP contribution in [0, 0.1) is 0 Å². The minimum absolute atomic E-state index is 0.0477. The quantitative estimate of drug-likeness (QED) is 0.840. The number of ether oxygens (including phenoxy) is 1. The first kappa shape index (κ1) is 11.1. The molecule has 0 aliphatic heterocycles. The molecule has 0 bridgehead atoms. The Bertz CT molecular complexity index is 329. The van der Waals surface area contributed by atoms with Gasteiger partial charge < -0.3 is 10.5 Å². The fourth-order valence-electron chi connectivity index (χ4n) is 0.813. The molecule has 1 aromatic rings. The number of alkyl halides is 3. The molecule has 0 aromatic carbocycles. The van der Waals surface area contributed by atoms with Gasteiger partial charge in [-0.2, -0.15) is 0 Å². The molecule has 3 nitrogen and oxygen atoms in total. The lowest BCUT2D eigenvalue weighted by Crippen LogP contribution is -2.18. The van der Waals surface area contributed by atoms with Crippen LogP contribution in [0.25, 0.3) is 0 Å². The second-order valence-corrected chi connectivity index (χ2v) is 2.70. The Morgan fingerprint density at radius 3 is 2.64 bits per heavy atom. The number of halogens is 4. The van der Waals surface area contributed by atoms with Crippen molar-refractivity contribution >= 4 is 11.6 Å². The lowest BCUT2D eigenvalue weighted by molar-refractivity contribution is -0.274. The van der Waals surface area contributed by atoms with Crippen LogP contribution >= 0.6 is 11.6 Å². The number of aromatic nitrogens is 1. The third-order valence-corrected chi connectivity index (χ3v) is 1.75. The molecule has 0 fully saturated rings. The van der Waals surface area contributed by atoms with Crippen LogP contribution < -0.4 is 10.5 Å². The van der Waals surface area contributed by atoms with Crippen molar-refractivity contribution in [1.82, 2.24) is 4.98 Å². The first-order chi connectivity index (χ1) is 6.44. The third-order valence-electron chi connectivity index (χ3n) is 1.35. The lowest BCUT2D eigenvalue weighted by atomic mass is 10.3. The van der Waals surface area contributed by atoms with Gasteiger partial charge in [0.15, 0.2) is 5.75 Å². The standard InChI is InChI=1S/C7H6ClF3N2O/c8-6-4(3-12)13-2-1-5(6)14-7(9,10)11/h1-2H,3,12H2. The van der Waals surface area contributed by atoms with Gasteiger partial charge in [0.25, 0.3) is 0 Å². The topological polar surface area (TPSA) is 48.1 Å². The van der Waals surface area contributed by atoms with Gasteiger partial charge in [0.1, 0.15) is 5.02 Å². The zero-order chi connectivity index (χ0) is 10.8. The Morgan fingerprint density at radius 1 is 1.50 bits per heavy atom. The van der Waals surface area contributed by atoms with E-state index in [1.54, 1.807) is 0 Å². The molecule has 14 heavy (non-hydrogen) atoms. The van der Waals surface area contributed by atoms with E-state index in [1.807, 2.05) is 0 Å². The maximum absolute atomic E-state index is 11.8. The Hall–Kier alpha value is -1.01. The molecule has 2 N–H and O–H groups in total. The van der Waals surface area contributed by atoms with Gasteiger partial charge in [0.2, 0.25) is 0 Å². The van der Waals surface area contributed by atoms with Crippen LogP contribution in [0.3, 0.4) is 0 Å². The summed E-state index contributed by atoms with van der Waals surface area (Å²) in [6, 6.07) is 1.02. The molecule has 78 valence electrons. The highest BCUT2D eigenvalue weighted by Crippen LogP contribution is 2.31. The predicted molar refractivity (Wildman–Crippen MR) is 43.8 cm³/mol. The Morgan fingerprint density at radius 2 is 2.14 bits per heavy atom. The summed E-state index contributed by atoms with van der Waals surface area (Å²) in [6.45, 7) is -0.0477. The van der Waals surface area contributed by atoms with E-state index in [2.05, 4.69) is 9.72 Å². The lowest BCUT2D eigenvalue weighted by Gasteiger charge is -2.11. The van der Waals surface area contributed by atoms with Crippen molar-refractivity contribution in [2.45, 2.75) is 12.9 Å². The molecule has 1 aromatic heterocycles. The number of nitrogens with two attached hydrogens (primary N) is 1. The maximum atomic E-state index is 11.8. The van der Waals surface area contributed by atoms with Gasteiger partial charge in [0, 0.05) is 18.8 Å². The molecule has 0 spiro atoms. The number of rotatable bonds is 2. The zero-order valence-electron chi connectivity index (χ0n) is 6.81. The van der Waals surface area contributed by atoms with Crippen molar-refractivity contribution in [3.05, 3.63) is 23.0 Å². The Balaban J connectivity index is 2.98. The van der Waals surface area contributed by atoms with E-state index in [0.717, 1.165) is 12.3 Å². The highest BCUT2D eigenvalue weighted by molar-refractivity contribution is 6.32. The predicted octanol–water partition coefficient (Wildman–Crippen LogP) is 2.09. The number of pyridine rings is 1. The first-order valence-corrected chi connectivity index (χ1v) is 3.91. The zero-order valence-corrected chi connectivity index (χ0v) is 7.56. The Kier molecular flexibility index (Phi) is 3.17. The van der Waals surface area contributed by atoms with Crippen LogP contribution in [0.4, 0.5) is 13.2 Å². The number of hydrogen-bond acceptors (Lipinski definition) is 3. The number of nitrogens with zero attached hydrogens (tertiary/aromatic N) is 1. The van der Waals surface area contributed by atoms with E-state index in [4.69, 9.17) is 17.3 Å². The summed E-state index contributed by atoms with van der Waals surface area (Å²) >= 11 is 5.55. The van der Waals surface area contributed by atoms with Crippen molar-refractivity contribution in [2.24, 2.45) is 5.73 Å². The van der Waals surface area contributed by atoms with Gasteiger partial charge in [-0.05, 0) is 0 Å². The average Bonchev–Trinajstić information content (AvgIpc) is 2.06. The monoisotopic (exact) mass is 226 g/mol. The molecule has 0 aliphatic carbocycles. The second-order valence-electron chi connectivity index (χ2n) is 2.32. The molecule has 0 atom stereocenters. The summed E-state index contributed by atoms with van der Waals surface area (Å²) in [7, 11) is 0. The Labute approximate surface area is 82.6 Å². The molecule has 7 heteroatoms. The van der Waals surface area contributed by atoms with E-state index in [9.17, 15) is 13.2 Å². The number of hydrogen-bond donors (Lipinski definition) is 1. The minimum Gasteiger partial charge on any atom is -0.404 e.